The molecule has 24 heavy (non-hydrogen) atoms. The molecule has 2 heterocycles. The molecule has 6 nitrogen and oxygen atoms in total. The Balaban J connectivity index is 0.00000208. The van der Waals surface area contributed by atoms with Crippen molar-refractivity contribution in [3.8, 4) is 0 Å². The van der Waals surface area contributed by atoms with Crippen molar-refractivity contribution in [2.75, 3.05) is 7.05 Å². The van der Waals surface area contributed by atoms with E-state index in [2.05, 4.69) is 33.7 Å². The van der Waals surface area contributed by atoms with Gasteiger partial charge in [0, 0.05) is 31.2 Å². The van der Waals surface area contributed by atoms with Crippen LogP contribution < -0.4 is 10.6 Å². The lowest BCUT2D eigenvalue weighted by Gasteiger charge is -2.11. The summed E-state index contributed by atoms with van der Waals surface area (Å²) in [5.74, 6) is 1.65. The van der Waals surface area contributed by atoms with Crippen LogP contribution in [-0.2, 0) is 20.1 Å². The number of aryl methyl sites for hydroxylation is 2. The van der Waals surface area contributed by atoms with E-state index in [1.165, 1.54) is 0 Å². The number of aliphatic imine (C=N–C) groups is 1. The Labute approximate surface area is 158 Å². The Morgan fingerprint density at radius 2 is 1.96 bits per heavy atom. The maximum atomic E-state index is 5.90. The Hall–Kier alpha value is -2.03. The number of guanidine groups is 1. The fourth-order valence-corrected chi connectivity index (χ4v) is 2.53. The summed E-state index contributed by atoms with van der Waals surface area (Å²) in [4.78, 5) is 4.24. The predicted molar refractivity (Wildman–Crippen MR) is 107 cm³/mol. The van der Waals surface area contributed by atoms with Crippen LogP contribution in [0.4, 0.5) is 0 Å². The van der Waals surface area contributed by atoms with Gasteiger partial charge in [0.15, 0.2) is 5.96 Å². The van der Waals surface area contributed by atoms with Gasteiger partial charge in [-0.15, -0.1) is 24.0 Å². The molecule has 2 N–H and O–H groups in total. The minimum atomic E-state index is 0. The number of halogens is 1. The summed E-state index contributed by atoms with van der Waals surface area (Å²) in [5, 5.41) is 11.9. The molecular weight excluding hydrogens is 417 g/mol. The fraction of sp³-hybridized carbons (Fsp3) is 0.294. The smallest absolute Gasteiger partial charge is 0.191 e. The lowest BCUT2D eigenvalue weighted by molar-refractivity contribution is 0.534. The van der Waals surface area contributed by atoms with Gasteiger partial charge >= 0.3 is 0 Å². The van der Waals surface area contributed by atoms with E-state index in [1.807, 2.05) is 36.0 Å². The van der Waals surface area contributed by atoms with Crippen LogP contribution in [0.3, 0.4) is 0 Å². The van der Waals surface area contributed by atoms with E-state index in [4.69, 9.17) is 4.42 Å². The van der Waals surface area contributed by atoms with Crippen molar-refractivity contribution in [2.24, 2.45) is 12.0 Å². The van der Waals surface area contributed by atoms with E-state index in [0.29, 0.717) is 13.1 Å². The average molecular weight is 439 g/mol. The van der Waals surface area contributed by atoms with Gasteiger partial charge in [-0.05, 0) is 19.1 Å². The molecule has 0 radical (unpaired) electrons. The molecule has 0 aliphatic heterocycles. The number of nitrogens with zero attached hydrogens (tertiary/aromatic N) is 3. The van der Waals surface area contributed by atoms with Crippen LogP contribution in [0.2, 0.25) is 0 Å². The van der Waals surface area contributed by atoms with E-state index in [0.717, 1.165) is 33.9 Å². The Kier molecular flexibility index (Phi) is 6.24. The molecule has 0 saturated carbocycles. The van der Waals surface area contributed by atoms with E-state index in [9.17, 15) is 0 Å². The summed E-state index contributed by atoms with van der Waals surface area (Å²) in [7, 11) is 3.68. The molecule has 0 aliphatic carbocycles. The van der Waals surface area contributed by atoms with E-state index >= 15 is 0 Å². The lowest BCUT2D eigenvalue weighted by Crippen LogP contribution is -2.36. The molecule has 0 atom stereocenters. The zero-order chi connectivity index (χ0) is 16.2. The minimum absolute atomic E-state index is 0. The van der Waals surface area contributed by atoms with E-state index in [-0.39, 0.29) is 24.0 Å². The van der Waals surface area contributed by atoms with Gasteiger partial charge in [-0.2, -0.15) is 5.10 Å². The first-order valence-corrected chi connectivity index (χ1v) is 7.57. The van der Waals surface area contributed by atoms with E-state index in [1.54, 1.807) is 13.2 Å². The number of fused-ring (bicyclic) bond motifs is 1. The quantitative estimate of drug-likeness (QED) is 0.373. The first-order valence-electron chi connectivity index (χ1n) is 7.57. The predicted octanol–water partition coefficient (Wildman–Crippen LogP) is 2.96. The topological polar surface area (TPSA) is 67.4 Å². The van der Waals surface area contributed by atoms with E-state index < -0.39 is 0 Å². The van der Waals surface area contributed by atoms with Gasteiger partial charge in [-0.25, -0.2) is 0 Å². The second-order valence-corrected chi connectivity index (χ2v) is 5.37. The second kappa shape index (κ2) is 8.18. The summed E-state index contributed by atoms with van der Waals surface area (Å²) < 4.78 is 7.74. The second-order valence-electron chi connectivity index (χ2n) is 5.37. The number of para-hydroxylation sites is 1. The number of nitrogens with one attached hydrogen (secondary N) is 2. The SMILES string of the molecule is CN=C(NCc1oc2ccccc2c1C)NCc1ccnn1C.I. The molecule has 0 unspecified atom stereocenters. The zero-order valence-corrected chi connectivity index (χ0v) is 16.4. The summed E-state index contributed by atoms with van der Waals surface area (Å²) in [6.45, 7) is 3.33. The molecule has 3 aromatic rings. The molecule has 0 saturated heterocycles. The van der Waals surface area contributed by atoms with Gasteiger partial charge in [0.1, 0.15) is 11.3 Å². The third-order valence-corrected chi connectivity index (χ3v) is 3.94. The van der Waals surface area contributed by atoms with Crippen molar-refractivity contribution >= 4 is 40.9 Å². The van der Waals surface area contributed by atoms with Crippen LogP contribution >= 0.6 is 24.0 Å². The van der Waals surface area contributed by atoms with Crippen LogP contribution in [-0.4, -0.2) is 22.8 Å². The van der Waals surface area contributed by atoms with Gasteiger partial charge in [-0.3, -0.25) is 9.67 Å². The van der Waals surface area contributed by atoms with Gasteiger partial charge in [0.2, 0.25) is 0 Å². The molecule has 2 aromatic heterocycles. The molecule has 3 rings (SSSR count). The van der Waals surface area contributed by atoms with Gasteiger partial charge < -0.3 is 15.1 Å². The molecule has 0 aliphatic rings. The van der Waals surface area contributed by atoms with Crippen LogP contribution in [0.1, 0.15) is 17.0 Å². The Bertz CT molecular complexity index is 836. The van der Waals surface area contributed by atoms with Crippen molar-refractivity contribution in [3.05, 3.63) is 53.5 Å². The van der Waals surface area contributed by atoms with Crippen molar-refractivity contribution < 1.29 is 4.42 Å². The maximum Gasteiger partial charge on any atom is 0.191 e. The van der Waals surface area contributed by atoms with Crippen LogP contribution in [0.5, 0.6) is 0 Å². The third-order valence-electron chi connectivity index (χ3n) is 3.94. The normalized spacial score (nSPS) is 11.4. The monoisotopic (exact) mass is 439 g/mol. The molecular formula is C17H22IN5O. The van der Waals surface area contributed by atoms with Gasteiger partial charge in [0.05, 0.1) is 18.8 Å². The van der Waals surface area contributed by atoms with Gasteiger partial charge in [0.25, 0.3) is 0 Å². The zero-order valence-electron chi connectivity index (χ0n) is 14.0. The molecule has 0 amide bonds. The molecule has 1 aromatic carbocycles. The highest BCUT2D eigenvalue weighted by molar-refractivity contribution is 14.0. The summed E-state index contributed by atoms with van der Waals surface area (Å²) in [6.07, 6.45) is 1.78. The number of hydrogen-bond acceptors (Lipinski definition) is 3. The van der Waals surface area contributed by atoms with Crippen LogP contribution in [0.25, 0.3) is 11.0 Å². The van der Waals surface area contributed by atoms with Gasteiger partial charge in [-0.1, -0.05) is 18.2 Å². The Morgan fingerprint density at radius 3 is 2.62 bits per heavy atom. The first kappa shape index (κ1) is 18.3. The highest BCUT2D eigenvalue weighted by Gasteiger charge is 2.10. The molecule has 0 fully saturated rings. The van der Waals surface area contributed by atoms with Crippen molar-refractivity contribution in [1.82, 2.24) is 20.4 Å². The van der Waals surface area contributed by atoms with Crippen molar-refractivity contribution in [1.29, 1.82) is 0 Å². The molecule has 0 spiro atoms. The van der Waals surface area contributed by atoms with Crippen molar-refractivity contribution in [2.45, 2.75) is 20.0 Å². The van der Waals surface area contributed by atoms with Crippen LogP contribution in [0, 0.1) is 6.92 Å². The highest BCUT2D eigenvalue weighted by Crippen LogP contribution is 2.24. The number of benzene rings is 1. The highest BCUT2D eigenvalue weighted by atomic mass is 127. The first-order chi connectivity index (χ1) is 11.2. The number of rotatable bonds is 4. The minimum Gasteiger partial charge on any atom is -0.459 e. The molecule has 128 valence electrons. The largest absolute Gasteiger partial charge is 0.459 e. The standard InChI is InChI=1S/C17H21N5O.HI/c1-12-14-6-4-5-7-15(14)23-16(12)11-20-17(18-2)19-10-13-8-9-21-22(13)3;/h4-9H,10-11H2,1-3H3,(H2,18,19,20);1H. The van der Waals surface area contributed by atoms with Crippen LogP contribution in [0.15, 0.2) is 45.9 Å². The summed E-state index contributed by atoms with van der Waals surface area (Å²) in [6, 6.07) is 10.0. The molecule has 7 heteroatoms. The molecule has 0 bridgehead atoms. The number of aromatic nitrogens is 2. The number of furan rings is 1. The Morgan fingerprint density at radius 1 is 1.21 bits per heavy atom. The third kappa shape index (κ3) is 3.89. The van der Waals surface area contributed by atoms with Crippen molar-refractivity contribution in [3.63, 3.8) is 0 Å². The summed E-state index contributed by atoms with van der Waals surface area (Å²) in [5.41, 5.74) is 3.17. The number of hydrogen-bond donors (Lipinski definition) is 2. The fourth-order valence-electron chi connectivity index (χ4n) is 2.53. The lowest BCUT2D eigenvalue weighted by atomic mass is 10.1. The summed E-state index contributed by atoms with van der Waals surface area (Å²) >= 11 is 0. The maximum absolute atomic E-state index is 5.90. The average Bonchev–Trinajstić information content (AvgIpc) is 3.12.